The number of amides is 1. The number of nitrogens with zero attached hydrogens (tertiary/aromatic N) is 1. The van der Waals surface area contributed by atoms with Gasteiger partial charge in [0, 0.05) is 31.7 Å². The highest BCUT2D eigenvalue weighted by atomic mass is 16.5. The number of hydrogen-bond acceptors (Lipinski definition) is 6. The van der Waals surface area contributed by atoms with E-state index in [1.165, 1.54) is 0 Å². The van der Waals surface area contributed by atoms with Gasteiger partial charge in [-0.2, -0.15) is 0 Å². The van der Waals surface area contributed by atoms with E-state index in [4.69, 9.17) is 9.47 Å². The van der Waals surface area contributed by atoms with Gasteiger partial charge in [0.15, 0.2) is 0 Å². The Morgan fingerprint density at radius 2 is 2.25 bits per heavy atom. The van der Waals surface area contributed by atoms with Crippen LogP contribution in [0.25, 0.3) is 0 Å². The van der Waals surface area contributed by atoms with Crippen molar-refractivity contribution in [2.24, 2.45) is 0 Å². The van der Waals surface area contributed by atoms with Crippen molar-refractivity contribution >= 4 is 11.6 Å². The molecule has 0 bridgehead atoms. The first-order valence-electron chi connectivity index (χ1n) is 8.33. The van der Waals surface area contributed by atoms with Crippen LogP contribution in [0, 0.1) is 0 Å². The molecular formula is C17H25N3O4. The first-order valence-corrected chi connectivity index (χ1v) is 8.33. The van der Waals surface area contributed by atoms with Crippen molar-refractivity contribution in [3.8, 4) is 5.75 Å². The van der Waals surface area contributed by atoms with Gasteiger partial charge < -0.3 is 30.1 Å². The summed E-state index contributed by atoms with van der Waals surface area (Å²) in [6.45, 7) is 4.40. The molecule has 1 amide bonds. The van der Waals surface area contributed by atoms with Crippen molar-refractivity contribution in [3.63, 3.8) is 0 Å². The Labute approximate surface area is 141 Å². The van der Waals surface area contributed by atoms with E-state index in [0.717, 1.165) is 31.1 Å². The number of methoxy groups -OCH3 is 1. The number of nitrogens with one attached hydrogen (secondary N) is 2. The first-order chi connectivity index (χ1) is 11.6. The molecule has 1 atom stereocenters. The van der Waals surface area contributed by atoms with E-state index in [9.17, 15) is 9.90 Å². The van der Waals surface area contributed by atoms with Gasteiger partial charge in [0.1, 0.15) is 5.75 Å². The number of hydrogen-bond donors (Lipinski definition) is 3. The predicted molar refractivity (Wildman–Crippen MR) is 90.8 cm³/mol. The summed E-state index contributed by atoms with van der Waals surface area (Å²) in [6, 6.07) is 5.40. The van der Waals surface area contributed by atoms with Gasteiger partial charge in [0.05, 0.1) is 31.6 Å². The van der Waals surface area contributed by atoms with Crippen molar-refractivity contribution in [1.29, 1.82) is 0 Å². The summed E-state index contributed by atoms with van der Waals surface area (Å²) >= 11 is 0. The molecule has 0 spiro atoms. The van der Waals surface area contributed by atoms with Crippen LogP contribution < -0.4 is 20.3 Å². The van der Waals surface area contributed by atoms with Gasteiger partial charge in [-0.15, -0.1) is 0 Å². The topological polar surface area (TPSA) is 83.1 Å². The van der Waals surface area contributed by atoms with Crippen molar-refractivity contribution in [1.82, 2.24) is 10.6 Å². The molecule has 24 heavy (non-hydrogen) atoms. The standard InChI is InChI=1S/C17H25N3O4/c1-23-15-3-2-13(10-14(15)20-6-8-24-9-7-20)16(21)19-12-17(22)4-5-18-11-17/h2-3,10,18,22H,4-9,11-12H2,1H3,(H,19,21)/t17-/m0/s1. The second kappa shape index (κ2) is 7.38. The van der Waals surface area contributed by atoms with Crippen molar-refractivity contribution in [2.75, 3.05) is 57.9 Å². The van der Waals surface area contributed by atoms with Crippen LogP contribution >= 0.6 is 0 Å². The fourth-order valence-electron chi connectivity index (χ4n) is 3.11. The highest BCUT2D eigenvalue weighted by Gasteiger charge is 2.31. The molecule has 2 heterocycles. The molecule has 3 N–H and O–H groups in total. The van der Waals surface area contributed by atoms with E-state index in [0.29, 0.717) is 31.7 Å². The summed E-state index contributed by atoms with van der Waals surface area (Å²) < 4.78 is 10.8. The van der Waals surface area contributed by atoms with Gasteiger partial charge in [-0.3, -0.25) is 4.79 Å². The van der Waals surface area contributed by atoms with E-state index in [1.54, 1.807) is 13.2 Å². The summed E-state index contributed by atoms with van der Waals surface area (Å²) in [7, 11) is 1.63. The van der Waals surface area contributed by atoms with Crippen LogP contribution in [0.4, 0.5) is 5.69 Å². The quantitative estimate of drug-likeness (QED) is 0.702. The maximum Gasteiger partial charge on any atom is 0.251 e. The first kappa shape index (κ1) is 17.0. The van der Waals surface area contributed by atoms with Gasteiger partial charge in [0.2, 0.25) is 0 Å². The molecule has 3 rings (SSSR count). The number of β-amino-alcohol motifs (C(OH)–C–C–N with tert-alkyl or cyclic N) is 1. The highest BCUT2D eigenvalue weighted by molar-refractivity contribution is 5.95. The van der Waals surface area contributed by atoms with Gasteiger partial charge in [-0.05, 0) is 31.2 Å². The van der Waals surface area contributed by atoms with Crippen LogP contribution in [0.5, 0.6) is 5.75 Å². The fraction of sp³-hybridized carbons (Fsp3) is 0.588. The molecule has 2 fully saturated rings. The van der Waals surface area contributed by atoms with E-state index in [1.807, 2.05) is 12.1 Å². The molecule has 7 heteroatoms. The van der Waals surface area contributed by atoms with Crippen molar-refractivity contribution in [3.05, 3.63) is 23.8 Å². The maximum atomic E-state index is 12.5. The zero-order valence-electron chi connectivity index (χ0n) is 14.0. The van der Waals surface area contributed by atoms with Gasteiger partial charge in [0.25, 0.3) is 5.91 Å². The summed E-state index contributed by atoms with van der Waals surface area (Å²) in [5.41, 5.74) is 0.608. The molecule has 0 unspecified atom stereocenters. The van der Waals surface area contributed by atoms with E-state index in [2.05, 4.69) is 15.5 Å². The zero-order valence-corrected chi connectivity index (χ0v) is 14.0. The van der Waals surface area contributed by atoms with Gasteiger partial charge in [-0.25, -0.2) is 0 Å². The maximum absolute atomic E-state index is 12.5. The summed E-state index contributed by atoms with van der Waals surface area (Å²) in [6.07, 6.45) is 0.648. The van der Waals surface area contributed by atoms with Crippen LogP contribution in [0.15, 0.2) is 18.2 Å². The summed E-state index contributed by atoms with van der Waals surface area (Å²) in [4.78, 5) is 14.6. The number of aliphatic hydroxyl groups is 1. The second-order valence-corrected chi connectivity index (χ2v) is 6.32. The Bertz CT molecular complexity index is 581. The third-order valence-corrected chi connectivity index (χ3v) is 4.59. The van der Waals surface area contributed by atoms with Crippen LogP contribution in [0.2, 0.25) is 0 Å². The molecule has 2 aliphatic heterocycles. The Kier molecular flexibility index (Phi) is 5.23. The predicted octanol–water partition coefficient (Wildman–Crippen LogP) is -0.0140. The number of benzene rings is 1. The molecule has 1 aromatic carbocycles. The SMILES string of the molecule is COc1ccc(C(=O)NC[C@]2(O)CCNC2)cc1N1CCOCC1. The van der Waals surface area contributed by atoms with Gasteiger partial charge >= 0.3 is 0 Å². The minimum Gasteiger partial charge on any atom is -0.495 e. The largest absolute Gasteiger partial charge is 0.495 e. The smallest absolute Gasteiger partial charge is 0.251 e. The van der Waals surface area contributed by atoms with E-state index >= 15 is 0 Å². The van der Waals surface area contributed by atoms with Gasteiger partial charge in [-0.1, -0.05) is 0 Å². The lowest BCUT2D eigenvalue weighted by molar-refractivity contribution is 0.0562. The number of anilines is 1. The normalized spacial score (nSPS) is 24.0. The summed E-state index contributed by atoms with van der Waals surface area (Å²) in [5, 5.41) is 16.3. The van der Waals surface area contributed by atoms with Crippen molar-refractivity contribution in [2.45, 2.75) is 12.0 Å². The van der Waals surface area contributed by atoms with Crippen LogP contribution in [-0.4, -0.2) is 69.7 Å². The number of carbonyl (C=O) groups excluding carboxylic acids is 1. The van der Waals surface area contributed by atoms with Crippen LogP contribution in [-0.2, 0) is 4.74 Å². The third-order valence-electron chi connectivity index (χ3n) is 4.59. The lowest BCUT2D eigenvalue weighted by Gasteiger charge is -2.30. The monoisotopic (exact) mass is 335 g/mol. The molecule has 7 nitrogen and oxygen atoms in total. The molecule has 132 valence electrons. The molecule has 2 saturated heterocycles. The van der Waals surface area contributed by atoms with E-state index in [-0.39, 0.29) is 12.5 Å². The number of ether oxygens (including phenoxy) is 2. The fourth-order valence-corrected chi connectivity index (χ4v) is 3.11. The molecule has 0 radical (unpaired) electrons. The van der Waals surface area contributed by atoms with Crippen LogP contribution in [0.1, 0.15) is 16.8 Å². The zero-order chi connectivity index (χ0) is 17.0. The Balaban J connectivity index is 1.71. The minimum atomic E-state index is -0.852. The molecule has 2 aliphatic rings. The summed E-state index contributed by atoms with van der Waals surface area (Å²) in [5.74, 6) is 0.555. The lowest BCUT2D eigenvalue weighted by atomic mass is 10.0. The highest BCUT2D eigenvalue weighted by Crippen LogP contribution is 2.30. The van der Waals surface area contributed by atoms with E-state index < -0.39 is 5.60 Å². The molecular weight excluding hydrogens is 310 g/mol. The lowest BCUT2D eigenvalue weighted by Crippen LogP contribution is -2.44. The number of carbonyl (C=O) groups is 1. The van der Waals surface area contributed by atoms with Crippen LogP contribution in [0.3, 0.4) is 0 Å². The minimum absolute atomic E-state index is 0.188. The number of morpholine rings is 1. The number of rotatable bonds is 5. The Morgan fingerprint density at radius 3 is 2.92 bits per heavy atom. The average Bonchev–Trinajstić information content (AvgIpc) is 3.07. The third kappa shape index (κ3) is 3.80. The molecule has 0 aromatic heterocycles. The molecule has 0 saturated carbocycles. The average molecular weight is 335 g/mol. The molecule has 0 aliphatic carbocycles. The Hall–Kier alpha value is -1.83. The second-order valence-electron chi connectivity index (χ2n) is 6.32. The molecule has 1 aromatic rings. The van der Waals surface area contributed by atoms with Crippen molar-refractivity contribution < 1.29 is 19.4 Å². The Morgan fingerprint density at radius 1 is 1.46 bits per heavy atom.